The maximum Gasteiger partial charge on any atom is 0.128 e. The molecule has 0 saturated carbocycles. The van der Waals surface area contributed by atoms with Crippen LogP contribution in [-0.4, -0.2) is 0 Å². The van der Waals surface area contributed by atoms with Crippen molar-refractivity contribution in [3.8, 4) is 0 Å². The Balaban J connectivity index is 2.64. The van der Waals surface area contributed by atoms with Crippen LogP contribution in [0.3, 0.4) is 0 Å². The first-order chi connectivity index (χ1) is 7.15. The second-order valence-electron chi connectivity index (χ2n) is 3.85. The predicted molar refractivity (Wildman–Crippen MR) is 62.1 cm³/mol. The summed E-state index contributed by atoms with van der Waals surface area (Å²) in [6.07, 6.45) is 4.55. The fourth-order valence-corrected chi connectivity index (χ4v) is 1.57. The third kappa shape index (κ3) is 3.48. The molecule has 1 nitrogen and oxygen atoms in total. The molecule has 0 aliphatic rings. The first-order valence-corrected chi connectivity index (χ1v) is 5.27. The molecule has 82 valence electrons. The van der Waals surface area contributed by atoms with Gasteiger partial charge in [0.1, 0.15) is 5.82 Å². The van der Waals surface area contributed by atoms with Crippen LogP contribution in [-0.2, 0) is 0 Å². The number of aryl methyl sites for hydroxylation is 1. The van der Waals surface area contributed by atoms with Gasteiger partial charge in [-0.2, -0.15) is 0 Å². The van der Waals surface area contributed by atoms with Crippen molar-refractivity contribution in [1.29, 1.82) is 0 Å². The summed E-state index contributed by atoms with van der Waals surface area (Å²) in [6.45, 7) is 5.52. The van der Waals surface area contributed by atoms with Crippen LogP contribution in [0.4, 0.5) is 4.39 Å². The Labute approximate surface area is 90.8 Å². The van der Waals surface area contributed by atoms with Gasteiger partial charge in [0.2, 0.25) is 0 Å². The van der Waals surface area contributed by atoms with E-state index in [0.717, 1.165) is 24.8 Å². The van der Waals surface area contributed by atoms with Gasteiger partial charge in [-0.15, -0.1) is 6.58 Å². The van der Waals surface area contributed by atoms with Crippen LogP contribution in [0.25, 0.3) is 0 Å². The molecule has 0 aliphatic carbocycles. The number of nitrogens with two attached hydrogens (primary N) is 1. The molecule has 1 rings (SSSR count). The zero-order chi connectivity index (χ0) is 11.3. The molecule has 15 heavy (non-hydrogen) atoms. The van der Waals surface area contributed by atoms with Gasteiger partial charge in [0.15, 0.2) is 0 Å². The van der Waals surface area contributed by atoms with E-state index in [2.05, 4.69) is 6.58 Å². The van der Waals surface area contributed by atoms with Crippen molar-refractivity contribution in [2.45, 2.75) is 32.2 Å². The van der Waals surface area contributed by atoms with Crippen molar-refractivity contribution in [3.63, 3.8) is 0 Å². The van der Waals surface area contributed by atoms with Crippen molar-refractivity contribution in [2.24, 2.45) is 5.73 Å². The minimum Gasteiger partial charge on any atom is -0.324 e. The van der Waals surface area contributed by atoms with Gasteiger partial charge in [-0.1, -0.05) is 18.2 Å². The second kappa shape index (κ2) is 5.66. The van der Waals surface area contributed by atoms with E-state index in [9.17, 15) is 4.39 Å². The lowest BCUT2D eigenvalue weighted by Gasteiger charge is -2.12. The van der Waals surface area contributed by atoms with Crippen molar-refractivity contribution in [1.82, 2.24) is 0 Å². The van der Waals surface area contributed by atoms with E-state index >= 15 is 0 Å². The lowest BCUT2D eigenvalue weighted by Crippen LogP contribution is -2.12. The molecule has 0 radical (unpaired) electrons. The molecule has 0 aliphatic heterocycles. The van der Waals surface area contributed by atoms with Crippen LogP contribution in [0.2, 0.25) is 0 Å². The van der Waals surface area contributed by atoms with Gasteiger partial charge in [0.25, 0.3) is 0 Å². The smallest absolute Gasteiger partial charge is 0.128 e. The molecule has 0 fully saturated rings. The fraction of sp³-hybridized carbons (Fsp3) is 0.385. The van der Waals surface area contributed by atoms with E-state index < -0.39 is 0 Å². The van der Waals surface area contributed by atoms with E-state index in [0.29, 0.717) is 5.56 Å². The molecule has 0 bridgehead atoms. The average Bonchev–Trinajstić information content (AvgIpc) is 2.17. The normalized spacial score (nSPS) is 12.5. The molecular weight excluding hydrogens is 189 g/mol. The highest BCUT2D eigenvalue weighted by Crippen LogP contribution is 2.20. The van der Waals surface area contributed by atoms with Gasteiger partial charge >= 0.3 is 0 Å². The second-order valence-corrected chi connectivity index (χ2v) is 3.85. The average molecular weight is 207 g/mol. The Morgan fingerprint density at radius 2 is 2.27 bits per heavy atom. The molecule has 0 amide bonds. The topological polar surface area (TPSA) is 26.0 Å². The molecule has 0 aromatic heterocycles. The fourth-order valence-electron chi connectivity index (χ4n) is 1.57. The Kier molecular flexibility index (Phi) is 4.50. The molecule has 1 unspecified atom stereocenters. The largest absolute Gasteiger partial charge is 0.324 e. The van der Waals surface area contributed by atoms with Crippen LogP contribution < -0.4 is 5.73 Å². The summed E-state index contributed by atoms with van der Waals surface area (Å²) in [5.41, 5.74) is 7.45. The number of benzene rings is 1. The molecule has 0 heterocycles. The minimum absolute atomic E-state index is 0.193. The highest BCUT2D eigenvalue weighted by Gasteiger charge is 2.10. The molecule has 2 N–H and O–H groups in total. The van der Waals surface area contributed by atoms with Gasteiger partial charge in [-0.3, -0.25) is 0 Å². The first kappa shape index (κ1) is 11.9. The number of hydrogen-bond donors (Lipinski definition) is 1. The van der Waals surface area contributed by atoms with Crippen LogP contribution >= 0.6 is 0 Å². The summed E-state index contributed by atoms with van der Waals surface area (Å²) in [4.78, 5) is 0. The van der Waals surface area contributed by atoms with Crippen molar-refractivity contribution < 1.29 is 4.39 Å². The number of halogens is 1. The van der Waals surface area contributed by atoms with Gasteiger partial charge in [-0.25, -0.2) is 4.39 Å². The summed E-state index contributed by atoms with van der Waals surface area (Å²) in [5.74, 6) is -0.193. The van der Waals surface area contributed by atoms with E-state index in [-0.39, 0.29) is 11.9 Å². The lowest BCUT2D eigenvalue weighted by molar-refractivity contribution is 0.552. The number of rotatable bonds is 5. The summed E-state index contributed by atoms with van der Waals surface area (Å²) in [5, 5.41) is 0. The summed E-state index contributed by atoms with van der Waals surface area (Å²) in [6, 6.07) is 5.00. The summed E-state index contributed by atoms with van der Waals surface area (Å²) >= 11 is 0. The van der Waals surface area contributed by atoms with Gasteiger partial charge in [0.05, 0.1) is 0 Å². The third-order valence-electron chi connectivity index (χ3n) is 2.48. The number of hydrogen-bond acceptors (Lipinski definition) is 1. The van der Waals surface area contributed by atoms with Crippen molar-refractivity contribution in [3.05, 3.63) is 47.8 Å². The van der Waals surface area contributed by atoms with E-state index in [1.165, 1.54) is 6.07 Å². The monoisotopic (exact) mass is 207 g/mol. The lowest BCUT2D eigenvalue weighted by atomic mass is 10.0. The molecule has 1 aromatic rings. The Hall–Kier alpha value is -1.15. The quantitative estimate of drug-likeness (QED) is 0.580. The maximum atomic E-state index is 13.5. The van der Waals surface area contributed by atoms with Crippen LogP contribution in [0.5, 0.6) is 0 Å². The number of allylic oxidation sites excluding steroid dienone is 1. The number of unbranched alkanes of at least 4 members (excludes halogenated alkanes) is 1. The predicted octanol–water partition coefficient (Wildman–Crippen LogP) is 3.49. The highest BCUT2D eigenvalue weighted by molar-refractivity contribution is 5.25. The van der Waals surface area contributed by atoms with Crippen molar-refractivity contribution >= 4 is 0 Å². The molecule has 2 heteroatoms. The Morgan fingerprint density at radius 1 is 1.53 bits per heavy atom. The first-order valence-electron chi connectivity index (χ1n) is 5.27. The molecule has 1 atom stereocenters. The van der Waals surface area contributed by atoms with Gasteiger partial charge in [-0.05, 0) is 37.8 Å². The standard InChI is InChI=1S/C13H18FN/c1-3-4-5-6-13(15)11-8-7-10(2)9-12(11)14/h3,7-9,13H,1,4-6,15H2,2H3. The van der Waals surface area contributed by atoms with Gasteiger partial charge < -0.3 is 5.73 Å². The zero-order valence-electron chi connectivity index (χ0n) is 9.17. The summed E-state index contributed by atoms with van der Waals surface area (Å²) in [7, 11) is 0. The summed E-state index contributed by atoms with van der Waals surface area (Å²) < 4.78 is 13.5. The van der Waals surface area contributed by atoms with Crippen LogP contribution in [0, 0.1) is 12.7 Å². The van der Waals surface area contributed by atoms with E-state index in [1.54, 1.807) is 6.07 Å². The Morgan fingerprint density at radius 3 is 2.87 bits per heavy atom. The minimum atomic E-state index is -0.203. The maximum absolute atomic E-state index is 13.5. The van der Waals surface area contributed by atoms with Gasteiger partial charge in [0, 0.05) is 11.6 Å². The molecular formula is C13H18FN. The van der Waals surface area contributed by atoms with Crippen molar-refractivity contribution in [2.75, 3.05) is 0 Å². The SMILES string of the molecule is C=CCCCC(N)c1ccc(C)cc1F. The molecule has 0 spiro atoms. The van der Waals surface area contributed by atoms with E-state index in [4.69, 9.17) is 5.73 Å². The zero-order valence-corrected chi connectivity index (χ0v) is 9.17. The van der Waals surface area contributed by atoms with Crippen LogP contribution in [0.1, 0.15) is 36.4 Å². The van der Waals surface area contributed by atoms with Crippen LogP contribution in [0.15, 0.2) is 30.9 Å². The Bertz CT molecular complexity index is 333. The highest BCUT2D eigenvalue weighted by atomic mass is 19.1. The molecule has 1 aromatic carbocycles. The molecule has 0 saturated heterocycles. The third-order valence-corrected chi connectivity index (χ3v) is 2.48. The van der Waals surface area contributed by atoms with E-state index in [1.807, 2.05) is 19.1 Å².